The Kier molecular flexibility index (Phi) is 6.96. The molecule has 1 aliphatic heterocycles. The molecule has 5 atom stereocenters. The zero-order valence-electron chi connectivity index (χ0n) is 21.8. The van der Waals surface area contributed by atoms with Crippen molar-refractivity contribution in [3.63, 3.8) is 0 Å². The Morgan fingerprint density at radius 3 is 2.62 bits per heavy atom. The standard InChI is InChI=1S/C31H26F3N3O3/c1-18-25(13-12-24-11-10-22(16-36-24)26-9-4-3-6-21(26)15-35)27-19(2)40-29(39)30(27,17-31(18,33)34)37-28(38)20-7-5-8-23(32)14-20/h3-14,16,18-19,25,27H,17H2,1-2H3,(H,37,38)/b13-12+/t18-,19+,25-,27-,30-/m0/s1. The zero-order chi connectivity index (χ0) is 28.7. The summed E-state index contributed by atoms with van der Waals surface area (Å²) >= 11 is 0. The Labute approximate surface area is 229 Å². The lowest BCUT2D eigenvalue weighted by Crippen LogP contribution is -2.66. The molecule has 9 heteroatoms. The molecule has 2 heterocycles. The van der Waals surface area contributed by atoms with Crippen LogP contribution in [-0.2, 0) is 9.53 Å². The summed E-state index contributed by atoms with van der Waals surface area (Å²) in [6.07, 6.45) is 3.12. The number of amides is 1. The number of carbonyl (C=O) groups excluding carboxylic acids is 2. The van der Waals surface area contributed by atoms with Gasteiger partial charge in [-0.15, -0.1) is 0 Å². The van der Waals surface area contributed by atoms with Crippen LogP contribution in [0.5, 0.6) is 0 Å². The number of pyridine rings is 1. The van der Waals surface area contributed by atoms with Crippen LogP contribution in [0.1, 0.15) is 41.9 Å². The van der Waals surface area contributed by atoms with Crippen LogP contribution in [-0.4, -0.2) is 34.4 Å². The van der Waals surface area contributed by atoms with Crippen LogP contribution in [0.25, 0.3) is 17.2 Å². The molecule has 0 unspecified atom stereocenters. The topological polar surface area (TPSA) is 92.1 Å². The second-order valence-corrected chi connectivity index (χ2v) is 10.4. The molecule has 5 rings (SSSR count). The van der Waals surface area contributed by atoms with Gasteiger partial charge in [0.1, 0.15) is 11.9 Å². The van der Waals surface area contributed by atoms with Gasteiger partial charge in [-0.05, 0) is 49.2 Å². The minimum absolute atomic E-state index is 0.0863. The number of allylic oxidation sites excluding steroid dienone is 1. The Balaban J connectivity index is 1.47. The van der Waals surface area contributed by atoms with E-state index < -0.39 is 59.4 Å². The van der Waals surface area contributed by atoms with Gasteiger partial charge in [-0.2, -0.15) is 5.26 Å². The number of hydrogen-bond donors (Lipinski definition) is 1. The molecule has 0 bridgehead atoms. The van der Waals surface area contributed by atoms with E-state index in [2.05, 4.69) is 16.4 Å². The SMILES string of the molecule is C[C@H]1OC(=O)[C@]2(NC(=O)c3cccc(F)c3)CC(F)(F)[C@@H](C)[C@H](/C=C/c3ccc(-c4ccccc4C#N)cn3)[C@H]12. The second kappa shape index (κ2) is 10.3. The van der Waals surface area contributed by atoms with Crippen molar-refractivity contribution in [2.75, 3.05) is 0 Å². The first-order chi connectivity index (χ1) is 19.1. The molecular formula is C31H26F3N3O3. The Hall–Kier alpha value is -4.45. The first-order valence-corrected chi connectivity index (χ1v) is 12.9. The highest BCUT2D eigenvalue weighted by atomic mass is 19.3. The van der Waals surface area contributed by atoms with Crippen LogP contribution in [0.2, 0.25) is 0 Å². The van der Waals surface area contributed by atoms with Gasteiger partial charge in [0.25, 0.3) is 11.8 Å². The van der Waals surface area contributed by atoms with Crippen molar-refractivity contribution in [2.24, 2.45) is 17.8 Å². The van der Waals surface area contributed by atoms with E-state index >= 15 is 8.78 Å². The van der Waals surface area contributed by atoms with Gasteiger partial charge in [-0.1, -0.05) is 43.3 Å². The number of rotatable bonds is 5. The van der Waals surface area contributed by atoms with E-state index in [0.717, 1.165) is 23.3 Å². The smallest absolute Gasteiger partial charge is 0.332 e. The molecule has 204 valence electrons. The van der Waals surface area contributed by atoms with Gasteiger partial charge in [0.2, 0.25) is 0 Å². The van der Waals surface area contributed by atoms with Gasteiger partial charge in [-0.25, -0.2) is 18.0 Å². The van der Waals surface area contributed by atoms with E-state index in [9.17, 15) is 19.2 Å². The molecule has 0 radical (unpaired) electrons. The molecule has 40 heavy (non-hydrogen) atoms. The van der Waals surface area contributed by atoms with E-state index in [4.69, 9.17) is 4.74 Å². The second-order valence-electron chi connectivity index (χ2n) is 10.4. The van der Waals surface area contributed by atoms with E-state index in [1.165, 1.54) is 19.1 Å². The van der Waals surface area contributed by atoms with Crippen LogP contribution in [0.4, 0.5) is 13.2 Å². The maximum Gasteiger partial charge on any atom is 0.332 e. The summed E-state index contributed by atoms with van der Waals surface area (Å²) < 4.78 is 50.2. The molecule has 1 saturated heterocycles. The van der Waals surface area contributed by atoms with E-state index in [-0.39, 0.29) is 5.56 Å². The van der Waals surface area contributed by atoms with Crippen molar-refractivity contribution in [3.05, 3.63) is 95.6 Å². The summed E-state index contributed by atoms with van der Waals surface area (Å²) in [5.74, 6) is -8.59. The summed E-state index contributed by atoms with van der Waals surface area (Å²) in [6.45, 7) is 3.04. The largest absolute Gasteiger partial charge is 0.460 e. The number of halogens is 3. The minimum Gasteiger partial charge on any atom is -0.460 e. The third kappa shape index (κ3) is 4.75. The van der Waals surface area contributed by atoms with Gasteiger partial charge < -0.3 is 10.1 Å². The van der Waals surface area contributed by atoms with E-state index in [1.807, 2.05) is 12.1 Å². The van der Waals surface area contributed by atoms with Gasteiger partial charge in [0.15, 0.2) is 5.54 Å². The molecule has 2 aromatic carbocycles. The highest BCUT2D eigenvalue weighted by molar-refractivity contribution is 5.99. The molecule has 0 spiro atoms. The van der Waals surface area contributed by atoms with Crippen molar-refractivity contribution in [2.45, 2.75) is 37.8 Å². The van der Waals surface area contributed by atoms with Gasteiger partial charge in [-0.3, -0.25) is 9.78 Å². The summed E-state index contributed by atoms with van der Waals surface area (Å²) in [5.41, 5.74) is 0.370. The van der Waals surface area contributed by atoms with Crippen molar-refractivity contribution in [1.29, 1.82) is 5.26 Å². The number of esters is 1. The number of cyclic esters (lactones) is 1. The van der Waals surface area contributed by atoms with Gasteiger partial charge >= 0.3 is 5.97 Å². The monoisotopic (exact) mass is 545 g/mol. The quantitative estimate of drug-likeness (QED) is 0.410. The van der Waals surface area contributed by atoms with Crippen LogP contribution in [0, 0.1) is 34.9 Å². The van der Waals surface area contributed by atoms with Crippen molar-refractivity contribution in [3.8, 4) is 17.2 Å². The number of nitrogens with zero attached hydrogens (tertiary/aromatic N) is 2. The number of benzene rings is 2. The number of fused-ring (bicyclic) bond motifs is 1. The predicted molar refractivity (Wildman–Crippen MR) is 141 cm³/mol. The molecule has 1 aromatic heterocycles. The lowest BCUT2D eigenvalue weighted by Gasteiger charge is -2.47. The zero-order valence-corrected chi connectivity index (χ0v) is 21.8. The molecule has 6 nitrogen and oxygen atoms in total. The number of aromatic nitrogens is 1. The first-order valence-electron chi connectivity index (χ1n) is 12.9. The third-order valence-corrected chi connectivity index (χ3v) is 7.96. The molecule has 2 aliphatic rings. The Bertz CT molecular complexity index is 1530. The molecular weight excluding hydrogens is 519 g/mol. The number of hydrogen-bond acceptors (Lipinski definition) is 5. The maximum atomic E-state index is 15.5. The first kappa shape index (κ1) is 27.1. The van der Waals surface area contributed by atoms with Crippen molar-refractivity contribution in [1.82, 2.24) is 10.3 Å². The van der Waals surface area contributed by atoms with Crippen molar-refractivity contribution >= 4 is 18.0 Å². The normalized spacial score (nSPS) is 27.1. The molecule has 1 amide bonds. The lowest BCUT2D eigenvalue weighted by atomic mass is 9.60. The Morgan fingerprint density at radius 2 is 1.93 bits per heavy atom. The van der Waals surface area contributed by atoms with Crippen LogP contribution in [0.15, 0.2) is 72.9 Å². The van der Waals surface area contributed by atoms with Crippen LogP contribution >= 0.6 is 0 Å². The van der Waals surface area contributed by atoms with E-state index in [0.29, 0.717) is 11.3 Å². The summed E-state index contributed by atoms with van der Waals surface area (Å²) in [6, 6.07) is 17.6. The molecule has 1 saturated carbocycles. The number of nitriles is 1. The predicted octanol–water partition coefficient (Wildman–Crippen LogP) is 5.79. The minimum atomic E-state index is -3.32. The van der Waals surface area contributed by atoms with Gasteiger partial charge in [0, 0.05) is 41.1 Å². The van der Waals surface area contributed by atoms with Crippen LogP contribution < -0.4 is 5.32 Å². The fourth-order valence-electron chi connectivity index (χ4n) is 5.92. The summed E-state index contributed by atoms with van der Waals surface area (Å²) in [7, 11) is 0. The fourth-order valence-corrected chi connectivity index (χ4v) is 5.92. The lowest BCUT2D eigenvalue weighted by molar-refractivity contribution is -0.158. The van der Waals surface area contributed by atoms with Crippen LogP contribution in [0.3, 0.4) is 0 Å². The van der Waals surface area contributed by atoms with E-state index in [1.54, 1.807) is 49.5 Å². The van der Waals surface area contributed by atoms with Gasteiger partial charge in [0.05, 0.1) is 17.3 Å². The fraction of sp³-hybridized carbons (Fsp3) is 0.290. The third-order valence-electron chi connectivity index (χ3n) is 7.96. The highest BCUT2D eigenvalue weighted by Crippen LogP contribution is 2.55. The summed E-state index contributed by atoms with van der Waals surface area (Å²) in [5, 5.41) is 11.9. The number of nitrogens with one attached hydrogen (secondary N) is 1. The Morgan fingerprint density at radius 1 is 1.15 bits per heavy atom. The average Bonchev–Trinajstić information content (AvgIpc) is 3.17. The number of carbonyl (C=O) groups is 2. The van der Waals surface area contributed by atoms with Crippen molar-refractivity contribution < 1.29 is 27.5 Å². The summed E-state index contributed by atoms with van der Waals surface area (Å²) in [4.78, 5) is 30.6. The molecule has 2 fully saturated rings. The number of alkyl halides is 2. The average molecular weight is 546 g/mol. The highest BCUT2D eigenvalue weighted by Gasteiger charge is 2.68. The molecule has 3 aromatic rings. The maximum absolute atomic E-state index is 15.5. The molecule has 1 N–H and O–H groups in total. The number of ether oxygens (including phenoxy) is 1. The molecule has 1 aliphatic carbocycles.